The molecule has 210 valence electrons. The number of aromatic nitrogens is 5. The summed E-state index contributed by atoms with van der Waals surface area (Å²) in [7, 11) is 4.63. The minimum absolute atomic E-state index is 0.147. The molecule has 5 rings (SSSR count). The van der Waals surface area contributed by atoms with Crippen LogP contribution in [0.5, 0.6) is 17.4 Å². The summed E-state index contributed by atoms with van der Waals surface area (Å²) in [5, 5.41) is 18.6. The van der Waals surface area contributed by atoms with Crippen LogP contribution in [0.25, 0.3) is 28.1 Å². The number of carbonyl (C=O) groups is 1. The number of rotatable bonds is 11. The average Bonchev–Trinajstić information content (AvgIpc) is 3.66. The molecule has 0 aliphatic rings. The Kier molecular flexibility index (Phi) is 7.98. The molecule has 4 aromatic heterocycles. The lowest BCUT2D eigenvalue weighted by Crippen LogP contribution is -2.13. The zero-order chi connectivity index (χ0) is 28.9. The number of carbonyl (C=O) groups excluding carboxylic acids is 1. The van der Waals surface area contributed by atoms with Crippen LogP contribution in [0, 0.1) is 10.1 Å². The quantitative estimate of drug-likeness (QED) is 0.136. The number of nitrogens with zero attached hydrogens (tertiary/aromatic N) is 6. The highest BCUT2D eigenvalue weighted by Gasteiger charge is 2.21. The molecule has 0 spiro atoms. The molecule has 0 unspecified atom stereocenters. The van der Waals surface area contributed by atoms with Gasteiger partial charge in [-0.3, -0.25) is 14.9 Å². The van der Waals surface area contributed by atoms with E-state index in [9.17, 15) is 14.9 Å². The molecule has 0 saturated heterocycles. The Morgan fingerprint density at radius 2 is 1.85 bits per heavy atom. The summed E-state index contributed by atoms with van der Waals surface area (Å²) in [4.78, 5) is 37.5. The van der Waals surface area contributed by atoms with Gasteiger partial charge in [0.1, 0.15) is 18.2 Å². The number of amides is 1. The third-order valence-electron chi connectivity index (χ3n) is 5.80. The maximum atomic E-state index is 13.1. The van der Waals surface area contributed by atoms with Gasteiger partial charge in [0.15, 0.2) is 17.2 Å². The average molecular weight is 578 g/mol. The van der Waals surface area contributed by atoms with E-state index < -0.39 is 10.8 Å². The lowest BCUT2D eigenvalue weighted by Gasteiger charge is -2.12. The molecule has 4 heterocycles. The van der Waals surface area contributed by atoms with Crippen LogP contribution >= 0.6 is 11.3 Å². The number of anilines is 1. The van der Waals surface area contributed by atoms with Gasteiger partial charge >= 0.3 is 5.00 Å². The first-order chi connectivity index (χ1) is 19.9. The van der Waals surface area contributed by atoms with Crippen molar-refractivity contribution >= 4 is 39.1 Å². The predicted molar refractivity (Wildman–Crippen MR) is 149 cm³/mol. The van der Waals surface area contributed by atoms with Gasteiger partial charge in [0.05, 0.1) is 47.9 Å². The maximum Gasteiger partial charge on any atom is 0.324 e. The number of hydrogen-bond acceptors (Lipinski definition) is 12. The molecule has 5 aromatic rings. The van der Waals surface area contributed by atoms with Crippen molar-refractivity contribution in [3.8, 4) is 34.5 Å². The van der Waals surface area contributed by atoms with E-state index in [2.05, 4.69) is 20.4 Å². The number of nitro groups is 1. The molecule has 0 aliphatic heterocycles. The summed E-state index contributed by atoms with van der Waals surface area (Å²) in [5.41, 5.74) is 1.56. The molecule has 0 radical (unpaired) electrons. The van der Waals surface area contributed by atoms with Crippen LogP contribution in [0.15, 0.2) is 54.9 Å². The minimum Gasteiger partial charge on any atom is -0.497 e. The van der Waals surface area contributed by atoms with Gasteiger partial charge in [0.25, 0.3) is 11.8 Å². The van der Waals surface area contributed by atoms with Gasteiger partial charge in [-0.15, -0.1) is 0 Å². The van der Waals surface area contributed by atoms with Crippen molar-refractivity contribution in [2.75, 3.05) is 39.9 Å². The Labute approximate surface area is 236 Å². The summed E-state index contributed by atoms with van der Waals surface area (Å²) in [6, 6.07) is 11.5. The normalized spacial score (nSPS) is 10.9. The summed E-state index contributed by atoms with van der Waals surface area (Å²) < 4.78 is 23.0. The SMILES string of the molecule is COCCOc1ncc(-c2nc(NC(=O)c3ccc([N+](=O)[O-])s3)c3cnn(-c4ccc(OC)cc4)c3n2)cc1OC. The molecule has 0 saturated carbocycles. The second kappa shape index (κ2) is 11.9. The number of nitrogens with one attached hydrogen (secondary N) is 1. The first-order valence-electron chi connectivity index (χ1n) is 12.0. The highest BCUT2D eigenvalue weighted by atomic mass is 32.1. The molecular formula is C26H23N7O7S. The fourth-order valence-corrected chi connectivity index (χ4v) is 4.51. The first-order valence-corrected chi connectivity index (χ1v) is 12.9. The van der Waals surface area contributed by atoms with Gasteiger partial charge in [-0.05, 0) is 36.4 Å². The number of benzene rings is 1. The fourth-order valence-electron chi connectivity index (χ4n) is 3.79. The third kappa shape index (κ3) is 5.75. The molecule has 1 amide bonds. The van der Waals surface area contributed by atoms with E-state index in [4.69, 9.17) is 23.9 Å². The summed E-state index contributed by atoms with van der Waals surface area (Å²) in [6.45, 7) is 0.651. The van der Waals surface area contributed by atoms with Crippen molar-refractivity contribution in [3.63, 3.8) is 0 Å². The highest BCUT2D eigenvalue weighted by Crippen LogP contribution is 2.32. The van der Waals surface area contributed by atoms with E-state index in [1.165, 1.54) is 31.6 Å². The van der Waals surface area contributed by atoms with Crippen LogP contribution in [-0.4, -0.2) is 70.1 Å². The molecule has 41 heavy (non-hydrogen) atoms. The molecule has 0 atom stereocenters. The zero-order valence-corrected chi connectivity index (χ0v) is 22.9. The van der Waals surface area contributed by atoms with Crippen molar-refractivity contribution in [2.24, 2.45) is 0 Å². The van der Waals surface area contributed by atoms with E-state index >= 15 is 0 Å². The fraction of sp³-hybridized carbons (Fsp3) is 0.192. The molecule has 1 aromatic carbocycles. The molecule has 15 heteroatoms. The molecule has 14 nitrogen and oxygen atoms in total. The zero-order valence-electron chi connectivity index (χ0n) is 22.1. The smallest absolute Gasteiger partial charge is 0.324 e. The van der Waals surface area contributed by atoms with E-state index in [0.29, 0.717) is 40.4 Å². The molecular weight excluding hydrogens is 554 g/mol. The lowest BCUT2D eigenvalue weighted by molar-refractivity contribution is -0.380. The number of hydrogen-bond donors (Lipinski definition) is 1. The molecule has 0 aliphatic carbocycles. The lowest BCUT2D eigenvalue weighted by atomic mass is 10.2. The van der Waals surface area contributed by atoms with Crippen molar-refractivity contribution < 1.29 is 28.7 Å². The maximum absolute atomic E-state index is 13.1. The van der Waals surface area contributed by atoms with Crippen molar-refractivity contribution in [1.29, 1.82) is 0 Å². The van der Waals surface area contributed by atoms with E-state index in [-0.39, 0.29) is 34.0 Å². The van der Waals surface area contributed by atoms with Crippen LogP contribution in [-0.2, 0) is 4.74 Å². The van der Waals surface area contributed by atoms with Crippen molar-refractivity contribution in [3.05, 3.63) is 69.8 Å². The topological polar surface area (TPSA) is 166 Å². The Bertz CT molecular complexity index is 1720. The number of thiophene rings is 1. The van der Waals surface area contributed by atoms with E-state index in [0.717, 1.165) is 11.3 Å². The van der Waals surface area contributed by atoms with E-state index in [1.807, 2.05) is 12.1 Å². The first kappa shape index (κ1) is 27.4. The summed E-state index contributed by atoms with van der Waals surface area (Å²) in [5.74, 6) is 1.10. The van der Waals surface area contributed by atoms with Crippen LogP contribution in [0.3, 0.4) is 0 Å². The van der Waals surface area contributed by atoms with E-state index in [1.54, 1.807) is 37.1 Å². The number of fused-ring (bicyclic) bond motifs is 1. The standard InChI is InChI=1S/C26H23N7O7S/c1-37-10-11-40-26-19(39-3)12-15(13-27-26)22-29-23(31-25(34)20-8-9-21(41-20)33(35)36)18-14-28-32(24(18)30-22)16-4-6-17(38-2)7-5-16/h4-9,12-14H,10-11H2,1-3H3,(H,29,30,31,34). The van der Waals surface area contributed by atoms with Crippen molar-refractivity contribution in [1.82, 2.24) is 24.7 Å². The predicted octanol–water partition coefficient (Wildman–Crippen LogP) is 4.14. The molecule has 0 bridgehead atoms. The number of ether oxygens (including phenoxy) is 4. The largest absolute Gasteiger partial charge is 0.497 e. The monoisotopic (exact) mass is 577 g/mol. The Morgan fingerprint density at radius 1 is 1.05 bits per heavy atom. The second-order valence-corrected chi connectivity index (χ2v) is 9.37. The third-order valence-corrected chi connectivity index (χ3v) is 6.83. The second-order valence-electron chi connectivity index (χ2n) is 8.31. The van der Waals surface area contributed by atoms with Crippen LogP contribution in [0.1, 0.15) is 9.67 Å². The molecule has 1 N–H and O–H groups in total. The Morgan fingerprint density at radius 3 is 2.54 bits per heavy atom. The minimum atomic E-state index is -0.566. The summed E-state index contributed by atoms with van der Waals surface area (Å²) in [6.07, 6.45) is 3.05. The van der Waals surface area contributed by atoms with Gasteiger partial charge in [-0.25, -0.2) is 19.6 Å². The van der Waals surface area contributed by atoms with Gasteiger partial charge in [0, 0.05) is 24.9 Å². The van der Waals surface area contributed by atoms with Gasteiger partial charge in [0.2, 0.25) is 0 Å². The number of pyridine rings is 1. The Hall–Kier alpha value is -5.15. The number of methoxy groups -OCH3 is 3. The Balaban J connectivity index is 1.59. The summed E-state index contributed by atoms with van der Waals surface area (Å²) >= 11 is 0.758. The van der Waals surface area contributed by atoms with Crippen LogP contribution < -0.4 is 19.5 Å². The van der Waals surface area contributed by atoms with Gasteiger partial charge in [-0.2, -0.15) is 5.10 Å². The van der Waals surface area contributed by atoms with Gasteiger partial charge in [-0.1, -0.05) is 11.3 Å². The van der Waals surface area contributed by atoms with Gasteiger partial charge < -0.3 is 24.3 Å². The van der Waals surface area contributed by atoms with Crippen LogP contribution in [0.2, 0.25) is 0 Å². The molecule has 0 fully saturated rings. The highest BCUT2D eigenvalue weighted by molar-refractivity contribution is 7.17. The van der Waals surface area contributed by atoms with Crippen LogP contribution in [0.4, 0.5) is 10.8 Å². The van der Waals surface area contributed by atoms with Crippen molar-refractivity contribution in [2.45, 2.75) is 0 Å².